The Morgan fingerprint density at radius 1 is 0.857 bits per heavy atom. The van der Waals surface area contributed by atoms with Crippen molar-refractivity contribution < 1.29 is 34.4 Å². The van der Waals surface area contributed by atoms with Gasteiger partial charge in [-0.3, -0.25) is 0 Å². The van der Waals surface area contributed by atoms with E-state index in [9.17, 15) is 5.11 Å². The predicted octanol–water partition coefficient (Wildman–Crippen LogP) is 6.13. The zero-order valence-electron chi connectivity index (χ0n) is 14.3. The van der Waals surface area contributed by atoms with Gasteiger partial charge < -0.3 is 5.11 Å². The molecule has 0 radical (unpaired) electrons. The summed E-state index contributed by atoms with van der Waals surface area (Å²) in [5.74, 6) is -0.194. The van der Waals surface area contributed by atoms with Crippen LogP contribution in [-0.4, -0.2) is 15.6 Å². The van der Waals surface area contributed by atoms with Gasteiger partial charge in [0.25, 0.3) is 0 Å². The fourth-order valence-electron chi connectivity index (χ4n) is 2.37. The molecule has 0 aliphatic carbocycles. The summed E-state index contributed by atoms with van der Waals surface area (Å²) in [5, 5.41) is 44.1. The number of hydrogen-bond donors (Lipinski definition) is 3. The van der Waals surface area contributed by atoms with Crippen LogP contribution in [0.25, 0.3) is 10.8 Å². The Morgan fingerprint density at radius 2 is 1.57 bits per heavy atom. The zero-order chi connectivity index (χ0) is 19.9. The molecule has 3 N–H and O–H groups in total. The molecule has 0 bridgehead atoms. The maximum atomic E-state index is 10.6. The smallest absolute Gasteiger partial charge is 0.159 e. The van der Waals surface area contributed by atoms with Crippen LogP contribution in [0.4, 0.5) is 11.4 Å². The molecular weight excluding hydrogens is 408 g/mol. The number of aromatic hydroxyl groups is 1. The molecule has 11 heteroatoms. The third-order valence-electron chi connectivity index (χ3n) is 3.64. The molecule has 0 saturated heterocycles. The number of aryl methyl sites for hydroxylation is 1. The first kappa shape index (κ1) is 20.5. The number of hydrogen-bond acceptors (Lipinski definition) is 11. The van der Waals surface area contributed by atoms with Crippen molar-refractivity contribution in [1.29, 1.82) is 0 Å². The first-order chi connectivity index (χ1) is 13.6. The molecule has 0 fully saturated rings. The number of rotatable bonds is 8. The summed E-state index contributed by atoms with van der Waals surface area (Å²) in [6.45, 7) is 1.96. The van der Waals surface area contributed by atoms with E-state index >= 15 is 0 Å². The van der Waals surface area contributed by atoms with Crippen LogP contribution in [0.2, 0.25) is 0 Å². The highest BCUT2D eigenvalue weighted by Gasteiger charge is 2.15. The van der Waals surface area contributed by atoms with Crippen LogP contribution in [0.1, 0.15) is 5.56 Å². The standard InChI is InChI=1S/C17H14N2O7S2/c1-10-2-4-12(5-3-10)18-19-16-14-7-6-13(27-25-23-21)8-11(14)9-15(17(16)20)28-26-24-22/h2-9,20-22H,1H3/b19-18+. The van der Waals surface area contributed by atoms with Crippen LogP contribution < -0.4 is 0 Å². The molecule has 0 saturated carbocycles. The molecule has 0 amide bonds. The molecule has 0 heterocycles. The molecule has 9 nitrogen and oxygen atoms in total. The second-order valence-corrected chi connectivity index (χ2v) is 6.96. The number of phenolic OH excluding ortho intramolecular Hbond substituents is 1. The minimum Gasteiger partial charge on any atom is -0.504 e. The van der Waals surface area contributed by atoms with E-state index in [1.54, 1.807) is 36.4 Å². The second-order valence-electron chi connectivity index (χ2n) is 5.44. The second kappa shape index (κ2) is 9.82. The van der Waals surface area contributed by atoms with E-state index in [0.29, 0.717) is 33.4 Å². The van der Waals surface area contributed by atoms with Crippen molar-refractivity contribution in [3.05, 3.63) is 54.1 Å². The Morgan fingerprint density at radius 3 is 2.29 bits per heavy atom. The Balaban J connectivity index is 2.06. The van der Waals surface area contributed by atoms with Crippen molar-refractivity contribution in [3.63, 3.8) is 0 Å². The Bertz CT molecular complexity index is 983. The Labute approximate surface area is 167 Å². The van der Waals surface area contributed by atoms with E-state index in [1.165, 1.54) is 0 Å². The minimum atomic E-state index is -0.194. The summed E-state index contributed by atoms with van der Waals surface area (Å²) in [6, 6.07) is 14.1. The van der Waals surface area contributed by atoms with Crippen molar-refractivity contribution in [2.75, 3.05) is 0 Å². The van der Waals surface area contributed by atoms with E-state index in [0.717, 1.165) is 17.6 Å². The van der Waals surface area contributed by atoms with Gasteiger partial charge in [-0.15, -0.1) is 13.8 Å². The van der Waals surface area contributed by atoms with E-state index in [2.05, 4.69) is 29.0 Å². The van der Waals surface area contributed by atoms with E-state index < -0.39 is 0 Å². The lowest BCUT2D eigenvalue weighted by Crippen LogP contribution is -1.85. The Kier molecular flexibility index (Phi) is 7.19. The van der Waals surface area contributed by atoms with Crippen molar-refractivity contribution in [1.82, 2.24) is 0 Å². The number of nitrogens with zero attached hydrogens (tertiary/aromatic N) is 2. The van der Waals surface area contributed by atoms with Crippen LogP contribution in [0.15, 0.2) is 68.6 Å². The van der Waals surface area contributed by atoms with Crippen molar-refractivity contribution in [2.24, 2.45) is 10.2 Å². The lowest BCUT2D eigenvalue weighted by atomic mass is 10.1. The van der Waals surface area contributed by atoms with Crippen LogP contribution >= 0.6 is 24.1 Å². The molecule has 28 heavy (non-hydrogen) atoms. The number of benzene rings is 3. The van der Waals surface area contributed by atoms with Gasteiger partial charge in [0, 0.05) is 10.3 Å². The summed E-state index contributed by atoms with van der Waals surface area (Å²) < 4.78 is 8.86. The predicted molar refractivity (Wildman–Crippen MR) is 102 cm³/mol. The molecule has 3 aromatic carbocycles. The summed E-state index contributed by atoms with van der Waals surface area (Å²) in [6.07, 6.45) is 0. The summed E-state index contributed by atoms with van der Waals surface area (Å²) in [7, 11) is 0. The Hall–Kier alpha value is -2.22. The maximum Gasteiger partial charge on any atom is 0.159 e. The van der Waals surface area contributed by atoms with Gasteiger partial charge in [0.1, 0.15) is 5.69 Å². The zero-order valence-corrected chi connectivity index (χ0v) is 15.9. The average Bonchev–Trinajstić information content (AvgIpc) is 2.71. The van der Waals surface area contributed by atoms with E-state index in [1.807, 2.05) is 19.1 Å². The summed E-state index contributed by atoms with van der Waals surface area (Å²) in [5.41, 5.74) is 1.91. The fourth-order valence-corrected chi connectivity index (χ4v) is 3.23. The molecule has 0 spiro atoms. The summed E-state index contributed by atoms with van der Waals surface area (Å²) >= 11 is 1.39. The van der Waals surface area contributed by atoms with Gasteiger partial charge in [-0.25, -0.2) is 10.5 Å². The van der Waals surface area contributed by atoms with Gasteiger partial charge in [-0.2, -0.15) is 5.11 Å². The van der Waals surface area contributed by atoms with Gasteiger partial charge in [0.15, 0.2) is 5.75 Å². The molecule has 3 rings (SSSR count). The first-order valence-corrected chi connectivity index (χ1v) is 9.18. The van der Waals surface area contributed by atoms with Crippen LogP contribution in [0.3, 0.4) is 0 Å². The highest BCUT2D eigenvalue weighted by Crippen LogP contribution is 2.44. The molecule has 0 unspecified atom stereocenters. The van der Waals surface area contributed by atoms with E-state index in [-0.39, 0.29) is 16.3 Å². The normalized spacial score (nSPS) is 11.5. The van der Waals surface area contributed by atoms with Crippen LogP contribution in [-0.2, 0) is 18.7 Å². The quantitative estimate of drug-likeness (QED) is 0.170. The maximum absolute atomic E-state index is 10.6. The van der Waals surface area contributed by atoms with Gasteiger partial charge in [-0.05, 0) is 42.6 Å². The molecule has 0 aliphatic rings. The molecule has 0 aromatic heterocycles. The molecule has 0 atom stereocenters. The lowest BCUT2D eigenvalue weighted by Gasteiger charge is -2.10. The molecular formula is C17H14N2O7S2. The monoisotopic (exact) mass is 422 g/mol. The van der Waals surface area contributed by atoms with Crippen LogP contribution in [0.5, 0.6) is 5.75 Å². The number of phenols is 1. The highest BCUT2D eigenvalue weighted by atomic mass is 32.2. The van der Waals surface area contributed by atoms with Gasteiger partial charge in [-0.1, -0.05) is 33.8 Å². The van der Waals surface area contributed by atoms with Crippen molar-refractivity contribution in [2.45, 2.75) is 16.7 Å². The topological polar surface area (TPSA) is 122 Å². The molecule has 0 aliphatic heterocycles. The van der Waals surface area contributed by atoms with Gasteiger partial charge in [0.05, 0.1) is 34.7 Å². The first-order valence-electron chi connectivity index (χ1n) is 7.70. The van der Waals surface area contributed by atoms with Crippen molar-refractivity contribution >= 4 is 46.2 Å². The SMILES string of the molecule is Cc1ccc(/N=N/c2c(O)c(SOOO)cc3cc(SOOO)ccc23)cc1. The van der Waals surface area contributed by atoms with Crippen molar-refractivity contribution in [3.8, 4) is 5.75 Å². The van der Waals surface area contributed by atoms with E-state index in [4.69, 9.17) is 10.5 Å². The third kappa shape index (κ3) is 4.98. The molecule has 3 aromatic rings. The third-order valence-corrected chi connectivity index (χ3v) is 4.83. The molecule has 146 valence electrons. The van der Waals surface area contributed by atoms with Gasteiger partial charge >= 0.3 is 0 Å². The summed E-state index contributed by atoms with van der Waals surface area (Å²) in [4.78, 5) is 0.852. The van der Waals surface area contributed by atoms with Crippen LogP contribution in [0, 0.1) is 6.92 Å². The number of azo groups is 1. The highest BCUT2D eigenvalue weighted by molar-refractivity contribution is 7.94. The lowest BCUT2D eigenvalue weighted by molar-refractivity contribution is -0.432. The largest absolute Gasteiger partial charge is 0.504 e. The van der Waals surface area contributed by atoms with Gasteiger partial charge in [0.2, 0.25) is 0 Å². The minimum absolute atomic E-state index is 0.194. The average molecular weight is 422 g/mol. The number of fused-ring (bicyclic) bond motifs is 1. The fraction of sp³-hybridized carbons (Fsp3) is 0.0588.